The molecule has 1 atom stereocenters. The van der Waals surface area contributed by atoms with Gasteiger partial charge >= 0.3 is 0 Å². The first-order valence-corrected chi connectivity index (χ1v) is 8.15. The third-order valence-corrected chi connectivity index (χ3v) is 5.03. The van der Waals surface area contributed by atoms with Crippen LogP contribution in [-0.2, 0) is 0 Å². The van der Waals surface area contributed by atoms with E-state index in [4.69, 9.17) is 9.47 Å². The van der Waals surface area contributed by atoms with Gasteiger partial charge in [-0.2, -0.15) is 0 Å². The van der Waals surface area contributed by atoms with Gasteiger partial charge < -0.3 is 9.47 Å². The lowest BCUT2D eigenvalue weighted by Crippen LogP contribution is -2.18. The van der Waals surface area contributed by atoms with E-state index in [0.717, 1.165) is 23.5 Å². The average molecular weight is 316 g/mol. The number of fused-ring (bicyclic) bond motifs is 4. The predicted molar refractivity (Wildman–Crippen MR) is 99.4 cm³/mol. The van der Waals surface area contributed by atoms with Gasteiger partial charge in [0.1, 0.15) is 11.5 Å². The van der Waals surface area contributed by atoms with Crippen LogP contribution in [0.2, 0.25) is 0 Å². The van der Waals surface area contributed by atoms with E-state index < -0.39 is 0 Å². The van der Waals surface area contributed by atoms with Gasteiger partial charge in [0.05, 0.1) is 14.2 Å². The number of rotatable bonds is 4. The summed E-state index contributed by atoms with van der Waals surface area (Å²) in [5.74, 6) is 2.26. The highest BCUT2D eigenvalue weighted by molar-refractivity contribution is 5.91. The molecule has 2 aromatic carbocycles. The van der Waals surface area contributed by atoms with E-state index >= 15 is 0 Å². The largest absolute Gasteiger partial charge is 0.497 e. The van der Waals surface area contributed by atoms with Gasteiger partial charge in [0.15, 0.2) is 0 Å². The van der Waals surface area contributed by atoms with Crippen molar-refractivity contribution in [3.05, 3.63) is 77.4 Å². The van der Waals surface area contributed by atoms with E-state index in [9.17, 15) is 0 Å². The van der Waals surface area contributed by atoms with E-state index in [1.807, 2.05) is 24.3 Å². The molecular weight excluding hydrogens is 296 g/mol. The number of ether oxygens (including phenoxy) is 2. The van der Waals surface area contributed by atoms with Crippen molar-refractivity contribution in [3.63, 3.8) is 0 Å². The minimum absolute atomic E-state index is 0.467. The molecule has 0 aliphatic heterocycles. The molecule has 0 spiro atoms. The Morgan fingerprint density at radius 1 is 0.958 bits per heavy atom. The second kappa shape index (κ2) is 5.72. The van der Waals surface area contributed by atoms with Crippen LogP contribution >= 0.6 is 0 Å². The quantitative estimate of drug-likeness (QED) is 0.760. The zero-order valence-corrected chi connectivity index (χ0v) is 14.0. The first-order chi connectivity index (χ1) is 11.7. The molecule has 0 heterocycles. The zero-order valence-electron chi connectivity index (χ0n) is 14.0. The standard InChI is InChI=1S/C22H20O2/c1-4-14-11-16(23-2)6-9-18(14)15-5-8-19-20-10-7-17(24-3)13-22(20)21(19)12-15/h4-11,13,21H,1,12H2,2-3H3. The van der Waals surface area contributed by atoms with Crippen LogP contribution in [0.15, 0.2) is 55.1 Å². The molecule has 2 heteroatoms. The highest BCUT2D eigenvalue weighted by Gasteiger charge is 2.34. The highest BCUT2D eigenvalue weighted by atomic mass is 16.5. The molecule has 1 unspecified atom stereocenters. The Morgan fingerprint density at radius 3 is 2.38 bits per heavy atom. The van der Waals surface area contributed by atoms with Crippen molar-refractivity contribution in [1.82, 2.24) is 0 Å². The summed E-state index contributed by atoms with van der Waals surface area (Å²) in [7, 11) is 3.41. The fourth-order valence-electron chi connectivity index (χ4n) is 3.73. The monoisotopic (exact) mass is 316 g/mol. The molecule has 24 heavy (non-hydrogen) atoms. The van der Waals surface area contributed by atoms with E-state index in [1.54, 1.807) is 14.2 Å². The maximum Gasteiger partial charge on any atom is 0.119 e. The first-order valence-electron chi connectivity index (χ1n) is 8.15. The van der Waals surface area contributed by atoms with E-state index in [2.05, 4.69) is 36.9 Å². The van der Waals surface area contributed by atoms with Crippen LogP contribution < -0.4 is 9.47 Å². The summed E-state index contributed by atoms with van der Waals surface area (Å²) in [6.07, 6.45) is 7.41. The van der Waals surface area contributed by atoms with Crippen molar-refractivity contribution in [3.8, 4) is 11.5 Å². The van der Waals surface area contributed by atoms with Gasteiger partial charge in [-0.15, -0.1) is 0 Å². The molecule has 2 nitrogen and oxygen atoms in total. The van der Waals surface area contributed by atoms with Gasteiger partial charge in [0.25, 0.3) is 0 Å². The van der Waals surface area contributed by atoms with Crippen LogP contribution in [0.3, 0.4) is 0 Å². The Hall–Kier alpha value is -2.74. The Bertz CT molecular complexity index is 887. The summed E-state index contributed by atoms with van der Waals surface area (Å²) in [6, 6.07) is 12.6. The molecule has 0 bridgehead atoms. The van der Waals surface area contributed by atoms with Crippen LogP contribution in [0.5, 0.6) is 11.5 Å². The molecule has 0 saturated carbocycles. The zero-order chi connectivity index (χ0) is 16.7. The minimum Gasteiger partial charge on any atom is -0.497 e. The van der Waals surface area contributed by atoms with Crippen molar-refractivity contribution in [2.45, 2.75) is 12.3 Å². The molecule has 0 saturated heterocycles. The Labute approximate surface area is 142 Å². The predicted octanol–water partition coefficient (Wildman–Crippen LogP) is 5.31. The van der Waals surface area contributed by atoms with Crippen LogP contribution in [0.25, 0.3) is 17.2 Å². The number of hydrogen-bond acceptors (Lipinski definition) is 2. The van der Waals surface area contributed by atoms with Crippen molar-refractivity contribution in [2.24, 2.45) is 0 Å². The summed E-state index contributed by atoms with van der Waals surface area (Å²) in [5, 5.41) is 0. The molecule has 0 radical (unpaired) electrons. The van der Waals surface area contributed by atoms with Gasteiger partial charge in [0.2, 0.25) is 0 Å². The summed E-state index contributed by atoms with van der Waals surface area (Å²) in [5.41, 5.74) is 7.87. The van der Waals surface area contributed by atoms with Crippen LogP contribution in [0.1, 0.15) is 34.6 Å². The van der Waals surface area contributed by atoms with Crippen molar-refractivity contribution in [2.75, 3.05) is 14.2 Å². The van der Waals surface area contributed by atoms with Crippen LogP contribution in [-0.4, -0.2) is 14.2 Å². The molecule has 4 rings (SSSR count). The number of hydrogen-bond donors (Lipinski definition) is 0. The molecule has 0 N–H and O–H groups in total. The summed E-state index contributed by atoms with van der Waals surface area (Å²) in [6.45, 7) is 3.95. The lowest BCUT2D eigenvalue weighted by Gasteiger charge is -2.37. The molecule has 2 aromatic rings. The van der Waals surface area contributed by atoms with Crippen molar-refractivity contribution in [1.29, 1.82) is 0 Å². The van der Waals surface area contributed by atoms with Crippen molar-refractivity contribution >= 4 is 17.2 Å². The van der Waals surface area contributed by atoms with Crippen LogP contribution in [0, 0.1) is 0 Å². The highest BCUT2D eigenvalue weighted by Crippen LogP contribution is 2.53. The third-order valence-electron chi connectivity index (χ3n) is 5.03. The second-order valence-corrected chi connectivity index (χ2v) is 6.18. The van der Waals surface area contributed by atoms with Gasteiger partial charge in [0, 0.05) is 5.92 Å². The normalized spacial score (nSPS) is 17.7. The lowest BCUT2D eigenvalue weighted by molar-refractivity contribution is 0.413. The third kappa shape index (κ3) is 2.18. The fraction of sp³-hybridized carbons (Fsp3) is 0.182. The first kappa shape index (κ1) is 14.8. The number of methoxy groups -OCH3 is 2. The van der Waals surface area contributed by atoms with E-state index in [1.165, 1.54) is 27.8 Å². The molecular formula is C22H20O2. The Kier molecular flexibility index (Phi) is 3.53. The van der Waals surface area contributed by atoms with Gasteiger partial charge in [-0.3, -0.25) is 0 Å². The summed E-state index contributed by atoms with van der Waals surface area (Å²) >= 11 is 0. The maximum atomic E-state index is 5.38. The van der Waals surface area contributed by atoms with Crippen LogP contribution in [0.4, 0.5) is 0 Å². The smallest absolute Gasteiger partial charge is 0.119 e. The Balaban J connectivity index is 1.71. The number of benzene rings is 2. The van der Waals surface area contributed by atoms with Crippen molar-refractivity contribution < 1.29 is 9.47 Å². The molecule has 0 fully saturated rings. The molecule has 2 aliphatic carbocycles. The molecule has 120 valence electrons. The SMILES string of the molecule is C=Cc1cc(OC)ccc1C1=CC=C2c3ccc(OC)cc3C2C1. The molecule has 0 aromatic heterocycles. The topological polar surface area (TPSA) is 18.5 Å². The van der Waals surface area contributed by atoms with Gasteiger partial charge in [-0.1, -0.05) is 36.9 Å². The second-order valence-electron chi connectivity index (χ2n) is 6.18. The molecule has 0 amide bonds. The maximum absolute atomic E-state index is 5.38. The fourth-order valence-corrected chi connectivity index (χ4v) is 3.73. The molecule has 2 aliphatic rings. The minimum atomic E-state index is 0.467. The lowest BCUT2D eigenvalue weighted by atomic mass is 9.67. The Morgan fingerprint density at radius 2 is 1.67 bits per heavy atom. The van der Waals surface area contributed by atoms with Gasteiger partial charge in [-0.25, -0.2) is 0 Å². The average Bonchev–Trinajstić information content (AvgIpc) is 2.64. The van der Waals surface area contributed by atoms with E-state index in [-0.39, 0.29) is 0 Å². The number of allylic oxidation sites excluding steroid dienone is 4. The van der Waals surface area contributed by atoms with E-state index in [0.29, 0.717) is 5.92 Å². The van der Waals surface area contributed by atoms with Gasteiger partial charge in [-0.05, 0) is 64.1 Å². The summed E-state index contributed by atoms with van der Waals surface area (Å²) in [4.78, 5) is 0. The summed E-state index contributed by atoms with van der Waals surface area (Å²) < 4.78 is 10.7.